The molecular weight excluding hydrogens is 337 g/mol. The number of nitrogens with one attached hydrogen (secondary N) is 1. The fourth-order valence-corrected chi connectivity index (χ4v) is 1.98. The van der Waals surface area contributed by atoms with Crippen molar-refractivity contribution >= 4 is 17.6 Å². The van der Waals surface area contributed by atoms with Crippen molar-refractivity contribution in [3.05, 3.63) is 47.4 Å². The molecule has 0 aliphatic carbocycles. The standard InChI is InChI=1S/C17H15F3N2O3/c1-8(2)16(23)22-11-6-4-9(18)13(14(11)20)15-10(19)5-7-12(21-15)17(24)25-3/h4-8H,1-3H3,(H,22,23). The largest absolute Gasteiger partial charge is 0.464 e. The molecule has 0 fully saturated rings. The van der Waals surface area contributed by atoms with Crippen LogP contribution in [-0.2, 0) is 9.53 Å². The number of amides is 1. The van der Waals surface area contributed by atoms with Crippen LogP contribution < -0.4 is 5.32 Å². The van der Waals surface area contributed by atoms with Gasteiger partial charge in [-0.2, -0.15) is 0 Å². The van der Waals surface area contributed by atoms with Crippen LogP contribution in [-0.4, -0.2) is 24.0 Å². The van der Waals surface area contributed by atoms with E-state index < -0.39 is 46.5 Å². The maximum atomic E-state index is 14.7. The molecular formula is C17H15F3N2O3. The Balaban J connectivity index is 2.59. The lowest BCUT2D eigenvalue weighted by atomic mass is 10.1. The van der Waals surface area contributed by atoms with E-state index >= 15 is 0 Å². The van der Waals surface area contributed by atoms with Crippen molar-refractivity contribution in [1.29, 1.82) is 0 Å². The molecule has 0 aliphatic rings. The molecule has 0 saturated heterocycles. The number of ether oxygens (including phenoxy) is 1. The Morgan fingerprint density at radius 2 is 1.72 bits per heavy atom. The third-order valence-corrected chi connectivity index (χ3v) is 3.35. The highest BCUT2D eigenvalue weighted by molar-refractivity contribution is 5.93. The number of nitrogens with zero attached hydrogens (tertiary/aromatic N) is 1. The average Bonchev–Trinajstić information content (AvgIpc) is 2.58. The first-order chi connectivity index (χ1) is 11.8. The fourth-order valence-electron chi connectivity index (χ4n) is 1.98. The number of methoxy groups -OCH3 is 1. The van der Waals surface area contributed by atoms with Gasteiger partial charge in [0.15, 0.2) is 5.82 Å². The zero-order valence-electron chi connectivity index (χ0n) is 13.7. The van der Waals surface area contributed by atoms with Gasteiger partial charge >= 0.3 is 5.97 Å². The van der Waals surface area contributed by atoms with E-state index in [9.17, 15) is 22.8 Å². The van der Waals surface area contributed by atoms with E-state index in [-0.39, 0.29) is 11.4 Å². The first-order valence-electron chi connectivity index (χ1n) is 7.30. The Morgan fingerprint density at radius 3 is 2.32 bits per heavy atom. The van der Waals surface area contributed by atoms with Crippen LogP contribution in [0.15, 0.2) is 24.3 Å². The van der Waals surface area contributed by atoms with Gasteiger partial charge in [-0.3, -0.25) is 4.79 Å². The molecule has 1 aromatic carbocycles. The third-order valence-electron chi connectivity index (χ3n) is 3.35. The van der Waals surface area contributed by atoms with Gasteiger partial charge in [0, 0.05) is 5.92 Å². The minimum Gasteiger partial charge on any atom is -0.464 e. The number of anilines is 1. The predicted octanol–water partition coefficient (Wildman–Crippen LogP) is 3.55. The molecule has 8 heteroatoms. The van der Waals surface area contributed by atoms with Crippen LogP contribution in [0.2, 0.25) is 0 Å². The summed E-state index contributed by atoms with van der Waals surface area (Å²) < 4.78 is 47.3. The van der Waals surface area contributed by atoms with E-state index in [1.165, 1.54) is 0 Å². The Bertz CT molecular complexity index is 838. The molecule has 2 aromatic rings. The van der Waals surface area contributed by atoms with E-state index in [2.05, 4.69) is 15.0 Å². The number of aromatic nitrogens is 1. The smallest absolute Gasteiger partial charge is 0.356 e. The van der Waals surface area contributed by atoms with Crippen LogP contribution in [0.25, 0.3) is 11.3 Å². The molecule has 0 spiro atoms. The molecule has 0 bridgehead atoms. The van der Waals surface area contributed by atoms with Crippen molar-refractivity contribution < 1.29 is 27.5 Å². The molecule has 0 atom stereocenters. The SMILES string of the molecule is COC(=O)c1ccc(F)c(-c2c(F)ccc(NC(=O)C(C)C)c2F)n1. The van der Waals surface area contributed by atoms with Crippen LogP contribution in [0.3, 0.4) is 0 Å². The minimum absolute atomic E-state index is 0.311. The predicted molar refractivity (Wildman–Crippen MR) is 84.4 cm³/mol. The molecule has 132 valence electrons. The van der Waals surface area contributed by atoms with Crippen molar-refractivity contribution in [2.45, 2.75) is 13.8 Å². The molecule has 0 saturated carbocycles. The fraction of sp³-hybridized carbons (Fsp3) is 0.235. The van der Waals surface area contributed by atoms with Crippen molar-refractivity contribution in [2.75, 3.05) is 12.4 Å². The summed E-state index contributed by atoms with van der Waals surface area (Å²) in [4.78, 5) is 26.9. The number of carbonyl (C=O) groups is 2. The second-order valence-electron chi connectivity index (χ2n) is 5.45. The van der Waals surface area contributed by atoms with Gasteiger partial charge in [-0.15, -0.1) is 0 Å². The Kier molecular flexibility index (Phi) is 5.41. The van der Waals surface area contributed by atoms with Gasteiger partial charge < -0.3 is 10.1 Å². The van der Waals surface area contributed by atoms with E-state index in [0.29, 0.717) is 0 Å². The van der Waals surface area contributed by atoms with Gasteiger partial charge in [-0.05, 0) is 24.3 Å². The van der Waals surface area contributed by atoms with Gasteiger partial charge in [0.2, 0.25) is 5.91 Å². The summed E-state index contributed by atoms with van der Waals surface area (Å²) in [6, 6.07) is 3.79. The van der Waals surface area contributed by atoms with E-state index in [4.69, 9.17) is 0 Å². The quantitative estimate of drug-likeness (QED) is 0.855. The molecule has 25 heavy (non-hydrogen) atoms. The lowest BCUT2D eigenvalue weighted by molar-refractivity contribution is -0.118. The van der Waals surface area contributed by atoms with Crippen LogP contribution in [0, 0.1) is 23.4 Å². The van der Waals surface area contributed by atoms with Crippen molar-refractivity contribution in [1.82, 2.24) is 4.98 Å². The number of rotatable bonds is 4. The number of pyridine rings is 1. The monoisotopic (exact) mass is 352 g/mol. The number of benzene rings is 1. The highest BCUT2D eigenvalue weighted by Gasteiger charge is 2.23. The van der Waals surface area contributed by atoms with Gasteiger partial charge in [-0.1, -0.05) is 13.8 Å². The molecule has 1 heterocycles. The Morgan fingerprint density at radius 1 is 1.08 bits per heavy atom. The summed E-state index contributed by atoms with van der Waals surface area (Å²) in [5.41, 5.74) is -2.11. The second kappa shape index (κ2) is 7.33. The normalized spacial score (nSPS) is 10.7. The van der Waals surface area contributed by atoms with Crippen molar-refractivity contribution in [2.24, 2.45) is 5.92 Å². The Hall–Kier alpha value is -2.90. The summed E-state index contributed by atoms with van der Waals surface area (Å²) >= 11 is 0. The second-order valence-corrected chi connectivity index (χ2v) is 5.45. The van der Waals surface area contributed by atoms with Crippen LogP contribution in [0.4, 0.5) is 18.9 Å². The van der Waals surface area contributed by atoms with Crippen molar-refractivity contribution in [3.8, 4) is 11.3 Å². The molecule has 0 aliphatic heterocycles. The topological polar surface area (TPSA) is 68.3 Å². The lowest BCUT2D eigenvalue weighted by Gasteiger charge is -2.13. The summed E-state index contributed by atoms with van der Waals surface area (Å²) in [5.74, 6) is -5.13. The minimum atomic E-state index is -1.19. The first-order valence-corrected chi connectivity index (χ1v) is 7.30. The maximum absolute atomic E-state index is 14.7. The van der Waals surface area contributed by atoms with Gasteiger partial charge in [0.1, 0.15) is 23.0 Å². The summed E-state index contributed by atoms with van der Waals surface area (Å²) in [6.45, 7) is 3.19. The number of hydrogen-bond acceptors (Lipinski definition) is 4. The zero-order chi connectivity index (χ0) is 18.7. The van der Waals surface area contributed by atoms with Gasteiger partial charge in [0.05, 0.1) is 18.4 Å². The van der Waals surface area contributed by atoms with E-state index in [1.54, 1.807) is 13.8 Å². The van der Waals surface area contributed by atoms with Crippen LogP contribution in [0.5, 0.6) is 0 Å². The highest BCUT2D eigenvalue weighted by Crippen LogP contribution is 2.31. The number of hydrogen-bond donors (Lipinski definition) is 1. The van der Waals surface area contributed by atoms with Crippen molar-refractivity contribution in [3.63, 3.8) is 0 Å². The molecule has 2 rings (SSSR count). The zero-order valence-corrected chi connectivity index (χ0v) is 13.7. The number of esters is 1. The summed E-state index contributed by atoms with van der Waals surface area (Å²) in [5, 5.41) is 2.29. The molecule has 0 unspecified atom stereocenters. The maximum Gasteiger partial charge on any atom is 0.356 e. The molecule has 1 aromatic heterocycles. The summed E-state index contributed by atoms with van der Waals surface area (Å²) in [7, 11) is 1.09. The summed E-state index contributed by atoms with van der Waals surface area (Å²) in [6.07, 6.45) is 0. The third kappa shape index (κ3) is 3.78. The average molecular weight is 352 g/mol. The molecule has 5 nitrogen and oxygen atoms in total. The van der Waals surface area contributed by atoms with E-state index in [1.807, 2.05) is 0 Å². The van der Waals surface area contributed by atoms with Gasteiger partial charge in [0.25, 0.3) is 0 Å². The molecule has 1 amide bonds. The molecule has 1 N–H and O–H groups in total. The first kappa shape index (κ1) is 18.4. The Labute approximate surface area is 141 Å². The lowest BCUT2D eigenvalue weighted by Crippen LogP contribution is -2.19. The highest BCUT2D eigenvalue weighted by atomic mass is 19.1. The van der Waals surface area contributed by atoms with Crippen LogP contribution in [0.1, 0.15) is 24.3 Å². The van der Waals surface area contributed by atoms with Crippen LogP contribution >= 0.6 is 0 Å². The number of halogens is 3. The molecule has 0 radical (unpaired) electrons. The number of carbonyl (C=O) groups excluding carboxylic acids is 2. The van der Waals surface area contributed by atoms with Gasteiger partial charge in [-0.25, -0.2) is 22.9 Å². The van der Waals surface area contributed by atoms with E-state index in [0.717, 1.165) is 31.4 Å².